The Labute approximate surface area is 66.3 Å². The topological polar surface area (TPSA) is 49.7 Å². The molecule has 64 valence electrons. The molecule has 0 saturated carbocycles. The molecule has 11 heavy (non-hydrogen) atoms. The molecule has 2 N–H and O–H groups in total. The van der Waals surface area contributed by atoms with Crippen LogP contribution in [0.1, 0.15) is 19.3 Å². The summed E-state index contributed by atoms with van der Waals surface area (Å²) in [6.07, 6.45) is 3.50. The van der Waals surface area contributed by atoms with Crippen molar-refractivity contribution < 1.29 is 14.9 Å². The summed E-state index contributed by atoms with van der Waals surface area (Å²) in [4.78, 5) is 0. The van der Waals surface area contributed by atoms with Crippen LogP contribution >= 0.6 is 0 Å². The van der Waals surface area contributed by atoms with E-state index in [0.29, 0.717) is 25.2 Å². The SMILES string of the molecule is OCCCC(O)C1=CCCO1. The fourth-order valence-corrected chi connectivity index (χ4v) is 1.10. The Balaban J connectivity index is 2.23. The van der Waals surface area contributed by atoms with Gasteiger partial charge in [-0.05, 0) is 18.9 Å². The lowest BCUT2D eigenvalue weighted by Crippen LogP contribution is -2.11. The normalized spacial score (nSPS) is 19.3. The van der Waals surface area contributed by atoms with Crippen LogP contribution in [0.2, 0.25) is 0 Å². The first-order valence-corrected chi connectivity index (χ1v) is 3.96. The maximum atomic E-state index is 9.38. The van der Waals surface area contributed by atoms with Gasteiger partial charge in [-0.1, -0.05) is 0 Å². The summed E-state index contributed by atoms with van der Waals surface area (Å²) >= 11 is 0. The van der Waals surface area contributed by atoms with Crippen LogP contribution in [0.25, 0.3) is 0 Å². The molecule has 1 rings (SSSR count). The van der Waals surface area contributed by atoms with Gasteiger partial charge in [0.1, 0.15) is 11.9 Å². The molecular weight excluding hydrogens is 144 g/mol. The quantitative estimate of drug-likeness (QED) is 0.623. The summed E-state index contributed by atoms with van der Waals surface area (Å²) in [6.45, 7) is 0.815. The predicted octanol–water partition coefficient (Wildman–Crippen LogP) is 0.424. The van der Waals surface area contributed by atoms with Crippen LogP contribution in [0, 0.1) is 0 Å². The Morgan fingerprint density at radius 1 is 1.64 bits per heavy atom. The van der Waals surface area contributed by atoms with Gasteiger partial charge < -0.3 is 14.9 Å². The Kier molecular flexibility index (Phi) is 3.39. The van der Waals surface area contributed by atoms with Crippen molar-refractivity contribution in [1.82, 2.24) is 0 Å². The summed E-state index contributed by atoms with van der Waals surface area (Å²) in [6, 6.07) is 0. The molecule has 1 heterocycles. The van der Waals surface area contributed by atoms with E-state index in [0.717, 1.165) is 6.42 Å². The molecule has 1 atom stereocenters. The molecule has 0 saturated heterocycles. The van der Waals surface area contributed by atoms with Crippen molar-refractivity contribution in [2.24, 2.45) is 0 Å². The van der Waals surface area contributed by atoms with E-state index < -0.39 is 6.10 Å². The second-order valence-corrected chi connectivity index (χ2v) is 2.63. The molecule has 3 nitrogen and oxygen atoms in total. The van der Waals surface area contributed by atoms with Gasteiger partial charge in [-0.25, -0.2) is 0 Å². The number of hydrogen-bond acceptors (Lipinski definition) is 3. The van der Waals surface area contributed by atoms with Gasteiger partial charge in [0.2, 0.25) is 0 Å². The highest BCUT2D eigenvalue weighted by molar-refractivity contribution is 5.03. The second kappa shape index (κ2) is 4.36. The molecule has 1 aliphatic rings. The zero-order valence-electron chi connectivity index (χ0n) is 6.49. The predicted molar refractivity (Wildman–Crippen MR) is 41.0 cm³/mol. The van der Waals surface area contributed by atoms with Gasteiger partial charge in [-0.3, -0.25) is 0 Å². The molecule has 0 amide bonds. The highest BCUT2D eigenvalue weighted by atomic mass is 16.5. The minimum Gasteiger partial charge on any atom is -0.495 e. The highest BCUT2D eigenvalue weighted by Gasteiger charge is 2.14. The van der Waals surface area contributed by atoms with Crippen molar-refractivity contribution >= 4 is 0 Å². The Bertz CT molecular complexity index is 142. The third kappa shape index (κ3) is 2.52. The van der Waals surface area contributed by atoms with Crippen molar-refractivity contribution in [1.29, 1.82) is 0 Å². The van der Waals surface area contributed by atoms with Crippen LogP contribution < -0.4 is 0 Å². The van der Waals surface area contributed by atoms with E-state index in [1.54, 1.807) is 0 Å². The van der Waals surface area contributed by atoms with E-state index in [2.05, 4.69) is 0 Å². The smallest absolute Gasteiger partial charge is 0.121 e. The van der Waals surface area contributed by atoms with E-state index in [1.165, 1.54) is 0 Å². The molecule has 0 bridgehead atoms. The number of hydrogen-bond donors (Lipinski definition) is 2. The van der Waals surface area contributed by atoms with E-state index in [4.69, 9.17) is 9.84 Å². The first-order valence-electron chi connectivity index (χ1n) is 3.96. The average molecular weight is 158 g/mol. The Morgan fingerprint density at radius 3 is 3.00 bits per heavy atom. The number of aliphatic hydroxyl groups excluding tert-OH is 2. The third-order valence-corrected chi connectivity index (χ3v) is 1.70. The van der Waals surface area contributed by atoms with Gasteiger partial charge in [0.15, 0.2) is 0 Å². The Morgan fingerprint density at radius 2 is 2.45 bits per heavy atom. The number of rotatable bonds is 4. The van der Waals surface area contributed by atoms with Crippen molar-refractivity contribution in [2.75, 3.05) is 13.2 Å². The van der Waals surface area contributed by atoms with Crippen molar-refractivity contribution in [3.05, 3.63) is 11.8 Å². The zero-order chi connectivity index (χ0) is 8.10. The Hall–Kier alpha value is -0.540. The van der Waals surface area contributed by atoms with Crippen molar-refractivity contribution in [3.8, 4) is 0 Å². The van der Waals surface area contributed by atoms with Gasteiger partial charge in [-0.2, -0.15) is 0 Å². The minimum atomic E-state index is -0.510. The van der Waals surface area contributed by atoms with E-state index in [9.17, 15) is 5.11 Å². The van der Waals surface area contributed by atoms with Gasteiger partial charge >= 0.3 is 0 Å². The fourth-order valence-electron chi connectivity index (χ4n) is 1.10. The molecule has 0 spiro atoms. The summed E-state index contributed by atoms with van der Waals surface area (Å²) in [5.41, 5.74) is 0. The first-order chi connectivity index (χ1) is 5.34. The number of aliphatic hydroxyl groups is 2. The molecule has 0 radical (unpaired) electrons. The van der Waals surface area contributed by atoms with Gasteiger partial charge in [0.25, 0.3) is 0 Å². The van der Waals surface area contributed by atoms with E-state index in [1.807, 2.05) is 6.08 Å². The number of ether oxygens (including phenoxy) is 1. The maximum Gasteiger partial charge on any atom is 0.121 e. The molecule has 1 aliphatic heterocycles. The van der Waals surface area contributed by atoms with Gasteiger partial charge in [0, 0.05) is 13.0 Å². The zero-order valence-corrected chi connectivity index (χ0v) is 6.49. The summed E-state index contributed by atoms with van der Waals surface area (Å²) in [5, 5.41) is 17.9. The lowest BCUT2D eigenvalue weighted by molar-refractivity contribution is 0.105. The molecule has 0 aromatic carbocycles. The standard InChI is InChI=1S/C8H14O3/c9-5-1-3-7(10)8-4-2-6-11-8/h4,7,9-10H,1-3,5-6H2. The van der Waals surface area contributed by atoms with Gasteiger partial charge in [0.05, 0.1) is 6.61 Å². The minimum absolute atomic E-state index is 0.129. The van der Waals surface area contributed by atoms with Crippen molar-refractivity contribution in [3.63, 3.8) is 0 Å². The van der Waals surface area contributed by atoms with Gasteiger partial charge in [-0.15, -0.1) is 0 Å². The highest BCUT2D eigenvalue weighted by Crippen LogP contribution is 2.16. The fraction of sp³-hybridized carbons (Fsp3) is 0.750. The van der Waals surface area contributed by atoms with Crippen LogP contribution in [-0.4, -0.2) is 29.5 Å². The monoisotopic (exact) mass is 158 g/mol. The maximum absolute atomic E-state index is 9.38. The van der Waals surface area contributed by atoms with Crippen LogP contribution in [0.15, 0.2) is 11.8 Å². The molecule has 1 unspecified atom stereocenters. The second-order valence-electron chi connectivity index (χ2n) is 2.63. The van der Waals surface area contributed by atoms with Crippen LogP contribution in [0.3, 0.4) is 0 Å². The summed E-state index contributed by atoms with van der Waals surface area (Å²) in [7, 11) is 0. The molecule has 0 aromatic heterocycles. The molecule has 3 heteroatoms. The van der Waals surface area contributed by atoms with E-state index in [-0.39, 0.29) is 6.61 Å². The molecule has 0 aliphatic carbocycles. The molecule has 0 aromatic rings. The van der Waals surface area contributed by atoms with Crippen LogP contribution in [0.4, 0.5) is 0 Å². The first kappa shape index (κ1) is 8.56. The summed E-state index contributed by atoms with van der Waals surface area (Å²) in [5.74, 6) is 0.679. The van der Waals surface area contributed by atoms with Crippen LogP contribution in [0.5, 0.6) is 0 Å². The third-order valence-electron chi connectivity index (χ3n) is 1.70. The van der Waals surface area contributed by atoms with E-state index >= 15 is 0 Å². The van der Waals surface area contributed by atoms with Crippen molar-refractivity contribution in [2.45, 2.75) is 25.4 Å². The van der Waals surface area contributed by atoms with Crippen LogP contribution in [-0.2, 0) is 4.74 Å². The molecular formula is C8H14O3. The largest absolute Gasteiger partial charge is 0.495 e. The summed E-state index contributed by atoms with van der Waals surface area (Å²) < 4.78 is 5.14. The lowest BCUT2D eigenvalue weighted by Gasteiger charge is -2.10. The lowest BCUT2D eigenvalue weighted by atomic mass is 10.1. The molecule has 0 fully saturated rings. The average Bonchev–Trinajstić information content (AvgIpc) is 2.52.